The van der Waals surface area contributed by atoms with Gasteiger partial charge in [0.15, 0.2) is 0 Å². The first-order valence-corrected chi connectivity index (χ1v) is 35.0. The van der Waals surface area contributed by atoms with Crippen LogP contribution in [0.2, 0.25) is 0 Å². The van der Waals surface area contributed by atoms with Crippen LogP contribution in [-0.2, 0) is 18.4 Å². The number of carbonyl (C=O) groups excluding carboxylic acids is 1. The van der Waals surface area contributed by atoms with Crippen molar-refractivity contribution >= 4 is 13.7 Å². The van der Waals surface area contributed by atoms with Crippen LogP contribution in [0, 0.1) is 0 Å². The number of amides is 1. The molecule has 1 amide bonds. The number of aliphatic hydroxyl groups is 1. The lowest BCUT2D eigenvalue weighted by atomic mass is 10.0. The highest BCUT2D eigenvalue weighted by Gasteiger charge is 2.23. The maximum absolute atomic E-state index is 13.0. The summed E-state index contributed by atoms with van der Waals surface area (Å²) in [5.41, 5.74) is 0. The number of hydrogen-bond donors (Lipinski definition) is 2. The number of likely N-dealkylation sites (N-methyl/N-ethyl adjacent to an activating group) is 1. The average molecular weight is 1080 g/mol. The molecule has 8 nitrogen and oxygen atoms in total. The molecule has 0 aliphatic carbocycles. The Morgan fingerprint density at radius 1 is 0.453 bits per heavy atom. The van der Waals surface area contributed by atoms with E-state index in [1.54, 1.807) is 6.08 Å². The van der Waals surface area contributed by atoms with Gasteiger partial charge in [-0.15, -0.1) is 0 Å². The number of carbonyl (C=O) groups is 1. The van der Waals surface area contributed by atoms with Gasteiger partial charge in [-0.05, 0) is 19.3 Å². The summed E-state index contributed by atoms with van der Waals surface area (Å²) in [6.07, 6.45) is 73.5. The van der Waals surface area contributed by atoms with Crippen LogP contribution in [0.3, 0.4) is 0 Å². The van der Waals surface area contributed by atoms with Gasteiger partial charge in [-0.1, -0.05) is 341 Å². The number of phosphoric ester groups is 1. The van der Waals surface area contributed by atoms with Crippen molar-refractivity contribution in [3.63, 3.8) is 0 Å². The van der Waals surface area contributed by atoms with Crippen LogP contribution in [0.1, 0.15) is 354 Å². The van der Waals surface area contributed by atoms with Crippen molar-refractivity contribution in [2.75, 3.05) is 40.9 Å². The molecule has 0 heterocycles. The lowest BCUT2D eigenvalue weighted by Gasteiger charge is -2.29. The number of rotatable bonds is 63. The minimum atomic E-state index is -4.59. The smallest absolute Gasteiger partial charge is 0.268 e. The number of aliphatic hydroxyl groups excluding tert-OH is 1. The fraction of sp³-hybridized carbons (Fsp3) is 0.955. The Bertz CT molecular complexity index is 1230. The molecule has 75 heavy (non-hydrogen) atoms. The third-order valence-electron chi connectivity index (χ3n) is 15.7. The molecule has 0 bridgehead atoms. The minimum Gasteiger partial charge on any atom is -0.756 e. The summed E-state index contributed by atoms with van der Waals surface area (Å²) < 4.78 is 23.4. The van der Waals surface area contributed by atoms with E-state index in [1.807, 2.05) is 27.2 Å². The van der Waals surface area contributed by atoms with Crippen LogP contribution in [0.5, 0.6) is 0 Å². The first kappa shape index (κ1) is 74.2. The zero-order valence-corrected chi connectivity index (χ0v) is 52.2. The van der Waals surface area contributed by atoms with E-state index in [1.165, 1.54) is 295 Å². The zero-order valence-electron chi connectivity index (χ0n) is 51.3. The van der Waals surface area contributed by atoms with Crippen molar-refractivity contribution < 1.29 is 32.9 Å². The third-order valence-corrected chi connectivity index (χ3v) is 16.7. The molecule has 0 aliphatic heterocycles. The van der Waals surface area contributed by atoms with Gasteiger partial charge in [-0.25, -0.2) is 0 Å². The Kier molecular flexibility index (Phi) is 57.3. The third kappa shape index (κ3) is 60.7. The van der Waals surface area contributed by atoms with Crippen LogP contribution in [-0.4, -0.2) is 68.5 Å². The van der Waals surface area contributed by atoms with Crippen LogP contribution < -0.4 is 10.2 Å². The number of phosphoric acid groups is 1. The first-order valence-electron chi connectivity index (χ1n) is 33.6. The summed E-state index contributed by atoms with van der Waals surface area (Å²) in [7, 11) is 1.28. The summed E-state index contributed by atoms with van der Waals surface area (Å²) >= 11 is 0. The summed E-state index contributed by atoms with van der Waals surface area (Å²) in [5.74, 6) is -0.190. The molecular formula is C66H133N2O6P. The molecule has 0 aliphatic rings. The maximum Gasteiger partial charge on any atom is 0.268 e. The summed E-state index contributed by atoms with van der Waals surface area (Å²) in [5, 5.41) is 13.9. The second-order valence-electron chi connectivity index (χ2n) is 24.5. The highest BCUT2D eigenvalue weighted by atomic mass is 31.2. The van der Waals surface area contributed by atoms with Crippen LogP contribution in [0.15, 0.2) is 12.2 Å². The first-order chi connectivity index (χ1) is 36.5. The van der Waals surface area contributed by atoms with E-state index in [0.717, 1.165) is 38.5 Å². The molecule has 0 aromatic carbocycles. The second kappa shape index (κ2) is 57.9. The second-order valence-corrected chi connectivity index (χ2v) is 26.0. The van der Waals surface area contributed by atoms with Crippen molar-refractivity contribution in [1.29, 1.82) is 0 Å². The lowest BCUT2D eigenvalue weighted by molar-refractivity contribution is -0.870. The number of unbranched alkanes of at least 4 members (excludes halogenated alkanes) is 50. The van der Waals surface area contributed by atoms with E-state index < -0.39 is 20.0 Å². The van der Waals surface area contributed by atoms with Crippen molar-refractivity contribution in [3.05, 3.63) is 12.2 Å². The molecule has 0 saturated carbocycles. The summed E-state index contributed by atoms with van der Waals surface area (Å²) in [6, 6.07) is -0.882. The van der Waals surface area contributed by atoms with Crippen molar-refractivity contribution in [3.8, 4) is 0 Å². The van der Waals surface area contributed by atoms with E-state index >= 15 is 0 Å². The quantitative estimate of drug-likeness (QED) is 0.0272. The van der Waals surface area contributed by atoms with Crippen molar-refractivity contribution in [1.82, 2.24) is 5.32 Å². The molecule has 0 spiro atoms. The molecule has 2 N–H and O–H groups in total. The van der Waals surface area contributed by atoms with Gasteiger partial charge in [0.25, 0.3) is 7.82 Å². The van der Waals surface area contributed by atoms with E-state index in [-0.39, 0.29) is 19.1 Å². The molecule has 0 aromatic rings. The normalized spacial score (nSPS) is 13.7. The minimum absolute atomic E-state index is 0.00258. The number of nitrogens with zero attached hydrogens (tertiary/aromatic N) is 1. The molecule has 0 saturated heterocycles. The van der Waals surface area contributed by atoms with Gasteiger partial charge in [-0.3, -0.25) is 9.36 Å². The molecule has 0 radical (unpaired) electrons. The van der Waals surface area contributed by atoms with Gasteiger partial charge < -0.3 is 28.8 Å². The molecule has 0 aromatic heterocycles. The summed E-state index contributed by atoms with van der Waals surface area (Å²) in [4.78, 5) is 25.5. The maximum atomic E-state index is 13.0. The van der Waals surface area contributed by atoms with Gasteiger partial charge in [0, 0.05) is 6.42 Å². The lowest BCUT2D eigenvalue weighted by Crippen LogP contribution is -2.45. The topological polar surface area (TPSA) is 108 Å². The van der Waals surface area contributed by atoms with Crippen LogP contribution in [0.25, 0.3) is 0 Å². The van der Waals surface area contributed by atoms with Gasteiger partial charge >= 0.3 is 0 Å². The van der Waals surface area contributed by atoms with Gasteiger partial charge in [-0.2, -0.15) is 0 Å². The largest absolute Gasteiger partial charge is 0.756 e. The van der Waals surface area contributed by atoms with E-state index in [9.17, 15) is 19.4 Å². The molecule has 3 atom stereocenters. The molecule has 3 unspecified atom stereocenters. The number of allylic oxidation sites excluding steroid dienone is 1. The summed E-state index contributed by atoms with van der Waals surface area (Å²) in [6.45, 7) is 4.70. The molecule has 9 heteroatoms. The Labute approximate surface area is 469 Å². The Hall–Kier alpha value is -0.760. The highest BCUT2D eigenvalue weighted by molar-refractivity contribution is 7.45. The van der Waals surface area contributed by atoms with E-state index in [2.05, 4.69) is 19.2 Å². The fourth-order valence-electron chi connectivity index (χ4n) is 10.5. The number of hydrogen-bond acceptors (Lipinski definition) is 6. The van der Waals surface area contributed by atoms with Crippen molar-refractivity contribution in [2.24, 2.45) is 0 Å². The highest BCUT2D eigenvalue weighted by Crippen LogP contribution is 2.38. The molecule has 448 valence electrons. The number of nitrogens with one attached hydrogen (secondary N) is 1. The average Bonchev–Trinajstić information content (AvgIpc) is 3.37. The predicted molar refractivity (Wildman–Crippen MR) is 326 cm³/mol. The Balaban J connectivity index is 3.83. The Morgan fingerprint density at radius 3 is 1.00 bits per heavy atom. The molecular weight excluding hydrogens is 948 g/mol. The molecule has 0 rings (SSSR count). The van der Waals surface area contributed by atoms with Gasteiger partial charge in [0.1, 0.15) is 13.2 Å². The van der Waals surface area contributed by atoms with Crippen LogP contribution in [0.4, 0.5) is 0 Å². The van der Waals surface area contributed by atoms with Crippen molar-refractivity contribution in [2.45, 2.75) is 366 Å². The van der Waals surface area contributed by atoms with Gasteiger partial charge in [0.05, 0.1) is 39.9 Å². The number of quaternary nitrogens is 1. The monoisotopic (exact) mass is 1080 g/mol. The van der Waals surface area contributed by atoms with E-state index in [0.29, 0.717) is 17.4 Å². The predicted octanol–water partition coefficient (Wildman–Crippen LogP) is 20.3. The van der Waals surface area contributed by atoms with Gasteiger partial charge in [0.2, 0.25) is 5.91 Å². The fourth-order valence-corrected chi connectivity index (χ4v) is 11.2. The zero-order chi connectivity index (χ0) is 54.9. The molecule has 0 fully saturated rings. The van der Waals surface area contributed by atoms with Crippen LogP contribution >= 0.6 is 7.82 Å². The standard InChI is InChI=1S/C66H133N2O6P/c1-6-8-10-12-14-16-18-20-22-23-24-25-26-27-28-29-30-31-32-33-34-35-36-37-38-39-40-41-42-43-44-45-46-48-50-52-54-56-58-60-66(70)67-64(63-74-75(71,72)73-62-61-68(3,4)5)65(69)59-57-55-53-51-49-47-21-19-17-15-13-11-9-7-2/h57,59,64-65,69H,6-56,58,60-63H2,1-5H3,(H-,67,70,71,72)/b59-57+. The van der Waals surface area contributed by atoms with E-state index in [4.69, 9.17) is 9.05 Å². The SMILES string of the molecule is CCCCCCCCCCCCCC/C=C/C(O)C(COP(=O)([O-])OCC[N+](C)(C)C)NC(=O)CCCCCCCCCCCCCCCCCCCCCCCCCCCCCCCCCCCCCCCCC. The Morgan fingerprint density at radius 2 is 0.720 bits per heavy atom.